The maximum atomic E-state index is 12.8. The summed E-state index contributed by atoms with van der Waals surface area (Å²) in [5.41, 5.74) is 0. The van der Waals surface area contributed by atoms with Crippen LogP contribution in [0.15, 0.2) is 0 Å². The summed E-state index contributed by atoms with van der Waals surface area (Å²) in [6, 6.07) is 0. The first-order valence-corrected chi connectivity index (χ1v) is 7.59. The van der Waals surface area contributed by atoms with Gasteiger partial charge >= 0.3 is 7.60 Å². The van der Waals surface area contributed by atoms with Crippen LogP contribution in [-0.2, 0) is 18.3 Å². The van der Waals surface area contributed by atoms with E-state index in [0.29, 0.717) is 0 Å². The van der Waals surface area contributed by atoms with Gasteiger partial charge in [-0.15, -0.1) is 0 Å². The van der Waals surface area contributed by atoms with Gasteiger partial charge in [0.15, 0.2) is 5.34 Å². The summed E-state index contributed by atoms with van der Waals surface area (Å²) in [6.45, 7) is 7.50. The van der Waals surface area contributed by atoms with Crippen molar-refractivity contribution < 1.29 is 18.3 Å². The second-order valence-corrected chi connectivity index (χ2v) is 7.32. The van der Waals surface area contributed by atoms with E-state index in [2.05, 4.69) is 0 Å². The number of hydrogen-bond donors (Lipinski definition) is 0. The summed E-state index contributed by atoms with van der Waals surface area (Å²) in [6.07, 6.45) is 2.71. The fourth-order valence-electron chi connectivity index (χ4n) is 2.39. The molecule has 2 aliphatic rings. The highest BCUT2D eigenvalue weighted by molar-refractivity contribution is 7.55. The van der Waals surface area contributed by atoms with Gasteiger partial charge in [-0.3, -0.25) is 4.57 Å². The Kier molecular flexibility index (Phi) is 3.21. The molecule has 1 aliphatic carbocycles. The van der Waals surface area contributed by atoms with Gasteiger partial charge < -0.3 is 13.8 Å². The minimum atomic E-state index is -3.14. The van der Waals surface area contributed by atoms with Crippen molar-refractivity contribution in [1.82, 2.24) is 0 Å². The standard InChI is InChI=1S/C11H21O4P/c1-8(2)14-16(12,15-9(3)4)11-7-5-6-10(11)13-11/h8-10H,5-7H2,1-4H3. The van der Waals surface area contributed by atoms with Gasteiger partial charge in [-0.05, 0) is 47.0 Å². The molecule has 0 aromatic carbocycles. The Labute approximate surface area is 97.2 Å². The van der Waals surface area contributed by atoms with Crippen molar-refractivity contribution in [2.75, 3.05) is 0 Å². The molecule has 94 valence electrons. The molecular formula is C11H21O4P. The third-order valence-electron chi connectivity index (χ3n) is 2.96. The largest absolute Gasteiger partial charge is 0.365 e. The van der Waals surface area contributed by atoms with E-state index in [-0.39, 0.29) is 18.3 Å². The molecular weight excluding hydrogens is 227 g/mol. The Hall–Kier alpha value is 0.110. The Morgan fingerprint density at radius 2 is 1.81 bits per heavy atom. The van der Waals surface area contributed by atoms with E-state index in [0.717, 1.165) is 19.3 Å². The van der Waals surface area contributed by atoms with Crippen molar-refractivity contribution in [2.45, 2.75) is 70.6 Å². The summed E-state index contributed by atoms with van der Waals surface area (Å²) >= 11 is 0. The van der Waals surface area contributed by atoms with Gasteiger partial charge in [-0.2, -0.15) is 0 Å². The van der Waals surface area contributed by atoms with Crippen LogP contribution in [0.3, 0.4) is 0 Å². The lowest BCUT2D eigenvalue weighted by molar-refractivity contribution is 0.119. The molecule has 2 fully saturated rings. The maximum absolute atomic E-state index is 12.8. The summed E-state index contributed by atoms with van der Waals surface area (Å²) < 4.78 is 29.6. The average molecular weight is 248 g/mol. The van der Waals surface area contributed by atoms with Crippen molar-refractivity contribution in [1.29, 1.82) is 0 Å². The molecule has 0 radical (unpaired) electrons. The molecule has 2 unspecified atom stereocenters. The predicted molar refractivity (Wildman–Crippen MR) is 61.5 cm³/mol. The average Bonchev–Trinajstić information content (AvgIpc) is 2.67. The summed E-state index contributed by atoms with van der Waals surface area (Å²) in [5, 5.41) is -0.610. The van der Waals surface area contributed by atoms with Crippen molar-refractivity contribution in [3.63, 3.8) is 0 Å². The molecule has 2 atom stereocenters. The van der Waals surface area contributed by atoms with Gasteiger partial charge in [0.2, 0.25) is 0 Å². The predicted octanol–water partition coefficient (Wildman–Crippen LogP) is 3.31. The summed E-state index contributed by atoms with van der Waals surface area (Å²) in [7, 11) is -3.14. The lowest BCUT2D eigenvalue weighted by Crippen LogP contribution is -2.20. The lowest BCUT2D eigenvalue weighted by Gasteiger charge is -2.26. The second kappa shape index (κ2) is 4.09. The zero-order chi connectivity index (χ0) is 12.0. The van der Waals surface area contributed by atoms with Crippen molar-refractivity contribution in [3.8, 4) is 0 Å². The number of rotatable bonds is 5. The topological polar surface area (TPSA) is 48.1 Å². The molecule has 1 saturated carbocycles. The lowest BCUT2D eigenvalue weighted by atomic mass is 10.4. The van der Waals surface area contributed by atoms with Gasteiger partial charge in [-0.1, -0.05) is 0 Å². The zero-order valence-corrected chi connectivity index (χ0v) is 11.3. The van der Waals surface area contributed by atoms with Gasteiger partial charge in [-0.25, -0.2) is 0 Å². The normalized spacial score (nSPS) is 33.5. The van der Waals surface area contributed by atoms with E-state index in [4.69, 9.17) is 13.8 Å². The minimum Gasteiger partial charge on any atom is -0.353 e. The van der Waals surface area contributed by atoms with Crippen LogP contribution in [0.1, 0.15) is 47.0 Å². The number of epoxide rings is 1. The van der Waals surface area contributed by atoms with Crippen LogP contribution in [0.2, 0.25) is 0 Å². The van der Waals surface area contributed by atoms with Crippen LogP contribution < -0.4 is 0 Å². The Morgan fingerprint density at radius 3 is 2.12 bits per heavy atom. The van der Waals surface area contributed by atoms with Gasteiger partial charge in [0.1, 0.15) is 0 Å². The van der Waals surface area contributed by atoms with Gasteiger partial charge in [0, 0.05) is 0 Å². The first-order chi connectivity index (χ1) is 7.40. The highest BCUT2D eigenvalue weighted by Gasteiger charge is 2.72. The number of fused-ring (bicyclic) bond motifs is 1. The number of hydrogen-bond acceptors (Lipinski definition) is 4. The Balaban J connectivity index is 2.18. The Bertz CT molecular complexity index is 301. The first kappa shape index (κ1) is 12.6. The van der Waals surface area contributed by atoms with Crippen molar-refractivity contribution in [3.05, 3.63) is 0 Å². The molecule has 0 aromatic rings. The van der Waals surface area contributed by atoms with Crippen molar-refractivity contribution in [2.24, 2.45) is 0 Å². The van der Waals surface area contributed by atoms with Crippen LogP contribution >= 0.6 is 7.60 Å². The van der Waals surface area contributed by atoms with E-state index < -0.39 is 12.9 Å². The molecule has 1 aliphatic heterocycles. The second-order valence-electron chi connectivity index (χ2n) is 5.15. The van der Waals surface area contributed by atoms with Crippen LogP contribution in [0.4, 0.5) is 0 Å². The molecule has 0 spiro atoms. The van der Waals surface area contributed by atoms with E-state index in [1.807, 2.05) is 27.7 Å². The molecule has 0 bridgehead atoms. The maximum Gasteiger partial charge on any atom is 0.365 e. The van der Waals surface area contributed by atoms with E-state index in [1.165, 1.54) is 0 Å². The van der Waals surface area contributed by atoms with Gasteiger partial charge in [0.05, 0.1) is 18.3 Å². The highest BCUT2D eigenvalue weighted by atomic mass is 31.2. The third-order valence-corrected chi connectivity index (χ3v) is 5.90. The van der Waals surface area contributed by atoms with Crippen molar-refractivity contribution >= 4 is 7.60 Å². The fourth-order valence-corrected chi connectivity index (χ4v) is 5.08. The molecule has 0 N–H and O–H groups in total. The minimum absolute atomic E-state index is 0.0934. The van der Waals surface area contributed by atoms with Crippen LogP contribution in [-0.4, -0.2) is 23.7 Å². The molecule has 1 saturated heterocycles. The SMILES string of the molecule is CC(C)OP(=O)(OC(C)C)C12CCCC1O2. The van der Waals surface area contributed by atoms with Crippen LogP contribution in [0, 0.1) is 0 Å². The molecule has 5 heteroatoms. The Morgan fingerprint density at radius 1 is 1.25 bits per heavy atom. The quantitative estimate of drug-likeness (QED) is 0.553. The zero-order valence-electron chi connectivity index (χ0n) is 10.4. The number of ether oxygens (including phenoxy) is 1. The van der Waals surface area contributed by atoms with Gasteiger partial charge in [0.25, 0.3) is 0 Å². The third kappa shape index (κ3) is 1.97. The van der Waals surface area contributed by atoms with Crippen LogP contribution in [0.25, 0.3) is 0 Å². The molecule has 4 nitrogen and oxygen atoms in total. The van der Waals surface area contributed by atoms with Crippen LogP contribution in [0.5, 0.6) is 0 Å². The molecule has 2 rings (SSSR count). The first-order valence-electron chi connectivity index (χ1n) is 6.04. The van der Waals surface area contributed by atoms with E-state index >= 15 is 0 Å². The smallest absolute Gasteiger partial charge is 0.353 e. The monoisotopic (exact) mass is 248 g/mol. The molecule has 1 heterocycles. The van der Waals surface area contributed by atoms with E-state index in [9.17, 15) is 4.57 Å². The summed E-state index contributed by atoms with van der Waals surface area (Å²) in [5.74, 6) is 0. The molecule has 16 heavy (non-hydrogen) atoms. The summed E-state index contributed by atoms with van der Waals surface area (Å²) in [4.78, 5) is 0. The van der Waals surface area contributed by atoms with E-state index in [1.54, 1.807) is 0 Å². The molecule has 0 amide bonds. The highest BCUT2D eigenvalue weighted by Crippen LogP contribution is 2.75. The molecule has 0 aromatic heterocycles. The fraction of sp³-hybridized carbons (Fsp3) is 1.00.